The molecule has 106 valence electrons. The van der Waals surface area contributed by atoms with Crippen molar-refractivity contribution in [3.8, 4) is 11.5 Å². The van der Waals surface area contributed by atoms with Crippen LogP contribution in [0, 0.1) is 0 Å². The molecule has 6 nitrogen and oxygen atoms in total. The van der Waals surface area contributed by atoms with E-state index < -0.39 is 10.0 Å². The number of hydrogen-bond donors (Lipinski definition) is 2. The van der Waals surface area contributed by atoms with Crippen LogP contribution in [0.5, 0.6) is 11.5 Å². The van der Waals surface area contributed by atoms with E-state index in [-0.39, 0.29) is 11.4 Å². The van der Waals surface area contributed by atoms with Crippen LogP contribution in [-0.4, -0.2) is 35.7 Å². The van der Waals surface area contributed by atoms with Crippen molar-refractivity contribution in [2.75, 3.05) is 27.3 Å². The summed E-state index contributed by atoms with van der Waals surface area (Å²) < 4.78 is 36.5. The van der Waals surface area contributed by atoms with Crippen molar-refractivity contribution in [1.82, 2.24) is 4.72 Å². The van der Waals surface area contributed by atoms with Gasteiger partial charge in [0.2, 0.25) is 10.0 Å². The van der Waals surface area contributed by atoms with Crippen LogP contribution in [0.3, 0.4) is 0 Å². The van der Waals surface area contributed by atoms with Gasteiger partial charge in [-0.1, -0.05) is 12.2 Å². The first kappa shape index (κ1) is 15.5. The zero-order chi connectivity index (χ0) is 14.3. The van der Waals surface area contributed by atoms with E-state index >= 15 is 0 Å². The van der Waals surface area contributed by atoms with Gasteiger partial charge < -0.3 is 15.2 Å². The molecule has 1 rings (SSSR count). The van der Waals surface area contributed by atoms with Crippen LogP contribution in [0.1, 0.15) is 0 Å². The summed E-state index contributed by atoms with van der Waals surface area (Å²) in [7, 11) is -0.638. The Morgan fingerprint density at radius 2 is 1.89 bits per heavy atom. The van der Waals surface area contributed by atoms with Crippen molar-refractivity contribution in [2.24, 2.45) is 5.73 Å². The third-order valence-corrected chi connectivity index (χ3v) is 3.78. The quantitative estimate of drug-likeness (QED) is 0.712. The molecular weight excluding hydrogens is 268 g/mol. The summed E-state index contributed by atoms with van der Waals surface area (Å²) in [6, 6.07) is 4.41. The minimum absolute atomic E-state index is 0.117. The minimum atomic E-state index is -3.58. The number of nitrogens with one attached hydrogen (secondary N) is 1. The topological polar surface area (TPSA) is 90.7 Å². The fraction of sp³-hybridized carbons (Fsp3) is 0.333. The maximum Gasteiger partial charge on any atom is 0.240 e. The molecule has 0 radical (unpaired) electrons. The third-order valence-electron chi connectivity index (χ3n) is 2.36. The standard InChI is InChI=1S/C12H18N2O4S/c1-17-11-6-5-10(9-12(11)18-2)19(15,16)14-8-4-3-7-13/h3-6,9,14H,7-8,13H2,1-2H3/b4-3+. The van der Waals surface area contributed by atoms with Crippen LogP contribution >= 0.6 is 0 Å². The normalized spacial score (nSPS) is 11.7. The first-order chi connectivity index (χ1) is 9.05. The predicted octanol–water partition coefficient (Wildman–Crippen LogP) is 0.497. The molecule has 0 aliphatic heterocycles. The molecule has 3 N–H and O–H groups in total. The Labute approximate surface area is 113 Å². The van der Waals surface area contributed by atoms with E-state index in [4.69, 9.17) is 15.2 Å². The number of methoxy groups -OCH3 is 2. The van der Waals surface area contributed by atoms with E-state index in [9.17, 15) is 8.42 Å². The number of nitrogens with two attached hydrogens (primary N) is 1. The van der Waals surface area contributed by atoms with Crippen molar-refractivity contribution in [2.45, 2.75) is 4.90 Å². The largest absolute Gasteiger partial charge is 0.493 e. The van der Waals surface area contributed by atoms with Gasteiger partial charge in [-0.3, -0.25) is 0 Å². The SMILES string of the molecule is COc1ccc(S(=O)(=O)NC/C=C/CN)cc1OC. The second-order valence-corrected chi connectivity index (χ2v) is 5.34. The Bertz CT molecular complexity index is 541. The van der Waals surface area contributed by atoms with Crippen molar-refractivity contribution in [1.29, 1.82) is 0 Å². The van der Waals surface area contributed by atoms with Crippen LogP contribution in [-0.2, 0) is 10.0 Å². The summed E-state index contributed by atoms with van der Waals surface area (Å²) in [4.78, 5) is 0.117. The molecule has 0 aliphatic carbocycles. The maximum absolute atomic E-state index is 12.0. The average Bonchev–Trinajstić information content (AvgIpc) is 2.42. The average molecular weight is 286 g/mol. The van der Waals surface area contributed by atoms with Crippen LogP contribution in [0.15, 0.2) is 35.2 Å². The number of sulfonamides is 1. The molecule has 0 fully saturated rings. The Balaban J connectivity index is 2.92. The molecule has 0 unspecified atom stereocenters. The van der Waals surface area contributed by atoms with Crippen LogP contribution in [0.4, 0.5) is 0 Å². The first-order valence-electron chi connectivity index (χ1n) is 5.62. The van der Waals surface area contributed by atoms with E-state index in [1.54, 1.807) is 18.2 Å². The third kappa shape index (κ3) is 4.23. The Morgan fingerprint density at radius 3 is 2.47 bits per heavy atom. The highest BCUT2D eigenvalue weighted by Gasteiger charge is 2.15. The van der Waals surface area contributed by atoms with E-state index in [1.165, 1.54) is 26.4 Å². The van der Waals surface area contributed by atoms with Gasteiger partial charge >= 0.3 is 0 Å². The summed E-state index contributed by atoms with van der Waals surface area (Å²) in [5, 5.41) is 0. The molecule has 0 aliphatic rings. The van der Waals surface area contributed by atoms with Crippen LogP contribution in [0.25, 0.3) is 0 Å². The fourth-order valence-electron chi connectivity index (χ4n) is 1.40. The summed E-state index contributed by atoms with van der Waals surface area (Å²) in [6.07, 6.45) is 3.33. The van der Waals surface area contributed by atoms with Gasteiger partial charge in [-0.2, -0.15) is 0 Å². The number of ether oxygens (including phenoxy) is 2. The highest BCUT2D eigenvalue weighted by molar-refractivity contribution is 7.89. The molecule has 0 atom stereocenters. The molecule has 1 aromatic carbocycles. The van der Waals surface area contributed by atoms with Crippen molar-refractivity contribution in [3.05, 3.63) is 30.4 Å². The zero-order valence-electron chi connectivity index (χ0n) is 10.9. The van der Waals surface area contributed by atoms with Crippen LogP contribution in [0.2, 0.25) is 0 Å². The summed E-state index contributed by atoms with van der Waals surface area (Å²) in [5.41, 5.74) is 5.26. The molecule has 0 amide bonds. The molecule has 0 heterocycles. The van der Waals surface area contributed by atoms with E-state index in [1.807, 2.05) is 0 Å². The lowest BCUT2D eigenvalue weighted by molar-refractivity contribution is 0.354. The molecule has 0 saturated heterocycles. The molecule has 0 spiro atoms. The summed E-state index contributed by atoms with van der Waals surface area (Å²) in [6.45, 7) is 0.561. The Kier molecular flexibility index (Phi) is 5.81. The van der Waals surface area contributed by atoms with Gasteiger partial charge in [-0.05, 0) is 12.1 Å². The van der Waals surface area contributed by atoms with Gasteiger partial charge in [-0.25, -0.2) is 13.1 Å². The molecule has 1 aromatic rings. The minimum Gasteiger partial charge on any atom is -0.493 e. The highest BCUT2D eigenvalue weighted by atomic mass is 32.2. The first-order valence-corrected chi connectivity index (χ1v) is 7.10. The zero-order valence-corrected chi connectivity index (χ0v) is 11.7. The van der Waals surface area contributed by atoms with Gasteiger partial charge in [0.15, 0.2) is 11.5 Å². The predicted molar refractivity (Wildman–Crippen MR) is 72.9 cm³/mol. The molecule has 0 bridgehead atoms. The summed E-state index contributed by atoms with van der Waals surface area (Å²) in [5.74, 6) is 0.840. The van der Waals surface area contributed by atoms with Crippen molar-refractivity contribution in [3.63, 3.8) is 0 Å². The lowest BCUT2D eigenvalue weighted by atomic mass is 10.3. The van der Waals surface area contributed by atoms with E-state index in [0.717, 1.165) is 0 Å². The van der Waals surface area contributed by atoms with Crippen molar-refractivity contribution >= 4 is 10.0 Å². The van der Waals surface area contributed by atoms with Gasteiger partial charge in [0.05, 0.1) is 19.1 Å². The molecule has 7 heteroatoms. The monoisotopic (exact) mass is 286 g/mol. The fourth-order valence-corrected chi connectivity index (χ4v) is 2.40. The molecule has 0 aromatic heterocycles. The second kappa shape index (κ2) is 7.13. The number of hydrogen-bond acceptors (Lipinski definition) is 5. The molecule has 0 saturated carbocycles. The smallest absolute Gasteiger partial charge is 0.240 e. The molecular formula is C12H18N2O4S. The van der Waals surface area contributed by atoms with Gasteiger partial charge in [0, 0.05) is 19.2 Å². The Morgan fingerprint density at radius 1 is 1.21 bits per heavy atom. The van der Waals surface area contributed by atoms with E-state index in [2.05, 4.69) is 4.72 Å². The number of rotatable bonds is 7. The highest BCUT2D eigenvalue weighted by Crippen LogP contribution is 2.29. The Hall–Kier alpha value is -1.57. The summed E-state index contributed by atoms with van der Waals surface area (Å²) >= 11 is 0. The van der Waals surface area contributed by atoms with Gasteiger partial charge in [-0.15, -0.1) is 0 Å². The van der Waals surface area contributed by atoms with Gasteiger partial charge in [0.1, 0.15) is 0 Å². The number of benzene rings is 1. The second-order valence-electron chi connectivity index (χ2n) is 3.58. The van der Waals surface area contributed by atoms with Gasteiger partial charge in [0.25, 0.3) is 0 Å². The van der Waals surface area contributed by atoms with Crippen LogP contribution < -0.4 is 19.9 Å². The molecule has 19 heavy (non-hydrogen) atoms. The lowest BCUT2D eigenvalue weighted by Crippen LogP contribution is -2.23. The van der Waals surface area contributed by atoms with Crippen molar-refractivity contribution < 1.29 is 17.9 Å². The van der Waals surface area contributed by atoms with E-state index in [0.29, 0.717) is 18.0 Å². The maximum atomic E-state index is 12.0. The lowest BCUT2D eigenvalue weighted by Gasteiger charge is -2.10.